The molecule has 0 amide bonds. The minimum absolute atomic E-state index is 0.0402. The van der Waals surface area contributed by atoms with Crippen LogP contribution in [0.1, 0.15) is 5.56 Å². The zero-order valence-electron chi connectivity index (χ0n) is 11.8. The van der Waals surface area contributed by atoms with Gasteiger partial charge in [0.25, 0.3) is 5.69 Å². The molecule has 0 radical (unpaired) electrons. The Morgan fingerprint density at radius 1 is 1.09 bits per heavy atom. The fourth-order valence-electron chi connectivity index (χ4n) is 2.25. The predicted molar refractivity (Wildman–Crippen MR) is 79.9 cm³/mol. The molecular formula is C16H11FN2O4. The molecule has 0 aliphatic heterocycles. The van der Waals surface area contributed by atoms with Gasteiger partial charge in [0.2, 0.25) is 0 Å². The number of benzene rings is 2. The molecule has 0 aliphatic rings. The van der Waals surface area contributed by atoms with Gasteiger partial charge in [-0.1, -0.05) is 5.16 Å². The second kappa shape index (κ2) is 5.98. The number of aromatic nitrogens is 1. The Balaban J connectivity index is 2.04. The molecule has 1 aromatic heterocycles. The van der Waals surface area contributed by atoms with Gasteiger partial charge in [-0.25, -0.2) is 4.39 Å². The largest absolute Gasteiger partial charge is 0.391 e. The van der Waals surface area contributed by atoms with E-state index in [2.05, 4.69) is 5.16 Å². The highest BCUT2D eigenvalue weighted by Gasteiger charge is 2.19. The number of nitro benzene ring substituents is 1. The minimum Gasteiger partial charge on any atom is -0.391 e. The molecule has 0 bridgehead atoms. The first-order valence-electron chi connectivity index (χ1n) is 6.70. The van der Waals surface area contributed by atoms with Crippen molar-refractivity contribution in [2.75, 3.05) is 0 Å². The van der Waals surface area contributed by atoms with Gasteiger partial charge in [0.1, 0.15) is 11.5 Å². The van der Waals surface area contributed by atoms with Crippen LogP contribution in [0.25, 0.3) is 22.6 Å². The van der Waals surface area contributed by atoms with Crippen LogP contribution in [0.15, 0.2) is 53.1 Å². The number of rotatable bonds is 4. The van der Waals surface area contributed by atoms with Crippen LogP contribution in [0.3, 0.4) is 0 Å². The maximum Gasteiger partial charge on any atom is 0.269 e. The number of nitro groups is 1. The van der Waals surface area contributed by atoms with Crippen LogP contribution >= 0.6 is 0 Å². The number of nitrogens with zero attached hydrogens (tertiary/aromatic N) is 2. The highest BCUT2D eigenvalue weighted by Crippen LogP contribution is 2.33. The number of aliphatic hydroxyl groups excluding tert-OH is 1. The summed E-state index contributed by atoms with van der Waals surface area (Å²) in [6.45, 7) is -0.331. The Kier molecular flexibility index (Phi) is 3.86. The van der Waals surface area contributed by atoms with Gasteiger partial charge in [0.05, 0.1) is 17.1 Å². The lowest BCUT2D eigenvalue weighted by Gasteiger charge is -2.01. The summed E-state index contributed by atoms with van der Waals surface area (Å²) in [6.07, 6.45) is 0. The molecule has 0 atom stereocenters. The monoisotopic (exact) mass is 314 g/mol. The van der Waals surface area contributed by atoms with Crippen molar-refractivity contribution in [2.45, 2.75) is 6.61 Å². The first-order valence-corrected chi connectivity index (χ1v) is 6.70. The van der Waals surface area contributed by atoms with Crippen molar-refractivity contribution >= 4 is 5.69 Å². The van der Waals surface area contributed by atoms with Crippen molar-refractivity contribution in [1.29, 1.82) is 0 Å². The zero-order chi connectivity index (χ0) is 16.4. The molecule has 3 aromatic rings. The smallest absolute Gasteiger partial charge is 0.269 e. The summed E-state index contributed by atoms with van der Waals surface area (Å²) < 4.78 is 18.3. The number of hydrogen-bond donors (Lipinski definition) is 1. The summed E-state index contributed by atoms with van der Waals surface area (Å²) >= 11 is 0. The lowest BCUT2D eigenvalue weighted by molar-refractivity contribution is -0.384. The maximum absolute atomic E-state index is 13.0. The van der Waals surface area contributed by atoms with E-state index < -0.39 is 4.92 Å². The molecule has 0 spiro atoms. The molecule has 0 saturated heterocycles. The van der Waals surface area contributed by atoms with E-state index >= 15 is 0 Å². The second-order valence-corrected chi connectivity index (χ2v) is 4.81. The highest BCUT2D eigenvalue weighted by atomic mass is 19.1. The summed E-state index contributed by atoms with van der Waals surface area (Å²) in [5, 5.41) is 24.2. The standard InChI is InChI=1S/C16H11FN2O4/c17-12-5-1-11(2-6-12)16-14(9-20)15(18-23-16)10-3-7-13(8-4-10)19(21)22/h1-8,20H,9H2. The SMILES string of the molecule is O=[N+]([O-])c1ccc(-c2noc(-c3ccc(F)cc3)c2CO)cc1. The van der Waals surface area contributed by atoms with Gasteiger partial charge >= 0.3 is 0 Å². The van der Waals surface area contributed by atoms with Crippen molar-refractivity contribution < 1.29 is 18.9 Å². The second-order valence-electron chi connectivity index (χ2n) is 4.81. The van der Waals surface area contributed by atoms with Gasteiger partial charge in [-0.15, -0.1) is 0 Å². The average molecular weight is 314 g/mol. The first kappa shape index (κ1) is 14.9. The van der Waals surface area contributed by atoms with Gasteiger partial charge < -0.3 is 9.63 Å². The van der Waals surface area contributed by atoms with Crippen molar-refractivity contribution in [3.63, 3.8) is 0 Å². The van der Waals surface area contributed by atoms with Gasteiger partial charge in [-0.2, -0.15) is 0 Å². The molecule has 116 valence electrons. The molecule has 1 heterocycles. The third kappa shape index (κ3) is 2.82. The summed E-state index contributed by atoms with van der Waals surface area (Å²) in [4.78, 5) is 10.2. The fraction of sp³-hybridized carbons (Fsp3) is 0.0625. The van der Waals surface area contributed by atoms with Gasteiger partial charge in [-0.3, -0.25) is 10.1 Å². The Morgan fingerprint density at radius 3 is 2.26 bits per heavy atom. The quantitative estimate of drug-likeness (QED) is 0.587. The van der Waals surface area contributed by atoms with Gasteiger partial charge in [0, 0.05) is 23.3 Å². The third-order valence-corrected chi connectivity index (χ3v) is 3.40. The number of non-ortho nitro benzene ring substituents is 1. The Bertz CT molecular complexity index is 842. The van der Waals surface area contributed by atoms with E-state index in [1.54, 1.807) is 0 Å². The molecule has 2 aromatic carbocycles. The molecular weight excluding hydrogens is 303 g/mol. The van der Waals surface area contributed by atoms with Crippen molar-refractivity contribution in [1.82, 2.24) is 5.16 Å². The van der Waals surface area contributed by atoms with Crippen LogP contribution in [0.4, 0.5) is 10.1 Å². The van der Waals surface area contributed by atoms with E-state index in [1.165, 1.54) is 48.5 Å². The number of aliphatic hydroxyl groups is 1. The minimum atomic E-state index is -0.497. The summed E-state index contributed by atoms with van der Waals surface area (Å²) in [5.74, 6) is -0.0461. The van der Waals surface area contributed by atoms with Crippen LogP contribution in [0.5, 0.6) is 0 Å². The summed E-state index contributed by atoms with van der Waals surface area (Å²) in [5.41, 5.74) is 1.95. The van der Waals surface area contributed by atoms with Gasteiger partial charge in [0.15, 0.2) is 5.76 Å². The average Bonchev–Trinajstić information content (AvgIpc) is 2.99. The molecule has 0 unspecified atom stereocenters. The Labute approximate surface area is 129 Å². The third-order valence-electron chi connectivity index (χ3n) is 3.40. The van der Waals surface area contributed by atoms with Crippen LogP contribution in [0.2, 0.25) is 0 Å². The van der Waals surface area contributed by atoms with E-state index in [1.807, 2.05) is 0 Å². The van der Waals surface area contributed by atoms with Crippen LogP contribution < -0.4 is 0 Å². The van der Waals surface area contributed by atoms with Crippen LogP contribution in [0, 0.1) is 15.9 Å². The van der Waals surface area contributed by atoms with E-state index in [4.69, 9.17) is 4.52 Å². The molecule has 0 aliphatic carbocycles. The normalized spacial score (nSPS) is 10.7. The summed E-state index contributed by atoms with van der Waals surface area (Å²) in [6, 6.07) is 11.4. The van der Waals surface area contributed by atoms with Crippen LogP contribution in [-0.2, 0) is 6.61 Å². The Hall–Kier alpha value is -3.06. The molecule has 23 heavy (non-hydrogen) atoms. The number of halogens is 1. The topological polar surface area (TPSA) is 89.4 Å². The predicted octanol–water partition coefficient (Wildman–Crippen LogP) is 3.55. The molecule has 0 fully saturated rings. The highest BCUT2D eigenvalue weighted by molar-refractivity contribution is 5.72. The van der Waals surface area contributed by atoms with E-state index in [9.17, 15) is 19.6 Å². The van der Waals surface area contributed by atoms with Crippen molar-refractivity contribution in [3.05, 3.63) is 70.0 Å². The van der Waals surface area contributed by atoms with Crippen molar-refractivity contribution in [3.8, 4) is 22.6 Å². The fourth-order valence-corrected chi connectivity index (χ4v) is 2.25. The first-order chi connectivity index (χ1) is 11.1. The Morgan fingerprint density at radius 2 is 1.70 bits per heavy atom. The van der Waals surface area contributed by atoms with Gasteiger partial charge in [-0.05, 0) is 36.4 Å². The molecule has 0 saturated carbocycles. The van der Waals surface area contributed by atoms with Crippen LogP contribution in [-0.4, -0.2) is 15.2 Å². The lowest BCUT2D eigenvalue weighted by Crippen LogP contribution is -1.91. The van der Waals surface area contributed by atoms with Crippen molar-refractivity contribution in [2.24, 2.45) is 0 Å². The molecule has 1 N–H and O–H groups in total. The maximum atomic E-state index is 13.0. The lowest BCUT2D eigenvalue weighted by atomic mass is 10.0. The zero-order valence-corrected chi connectivity index (χ0v) is 11.8. The van der Waals surface area contributed by atoms with E-state index in [0.29, 0.717) is 28.1 Å². The number of hydrogen-bond acceptors (Lipinski definition) is 5. The van der Waals surface area contributed by atoms with E-state index in [0.717, 1.165) is 0 Å². The molecule has 7 heteroatoms. The molecule has 6 nitrogen and oxygen atoms in total. The summed E-state index contributed by atoms with van der Waals surface area (Å²) in [7, 11) is 0. The van der Waals surface area contributed by atoms with E-state index in [-0.39, 0.29) is 18.1 Å². The molecule has 3 rings (SSSR count).